The number of carbonyl (C=O) groups excluding carboxylic acids is 1. The van der Waals surface area contributed by atoms with Crippen molar-refractivity contribution in [2.24, 2.45) is 0 Å². The average molecular weight is 378 g/mol. The van der Waals surface area contributed by atoms with Crippen LogP contribution in [-0.4, -0.2) is 41.1 Å². The van der Waals surface area contributed by atoms with Crippen molar-refractivity contribution in [2.75, 3.05) is 20.2 Å². The smallest absolute Gasteiger partial charge is 0.317 e. The Labute approximate surface area is 164 Å². The summed E-state index contributed by atoms with van der Waals surface area (Å²) in [6.07, 6.45) is 3.99. The van der Waals surface area contributed by atoms with Crippen LogP contribution >= 0.6 is 0 Å². The molecule has 1 atom stereocenters. The molecule has 1 aliphatic rings. The number of urea groups is 1. The van der Waals surface area contributed by atoms with E-state index in [1.165, 1.54) is 6.42 Å². The minimum atomic E-state index is -0.227. The van der Waals surface area contributed by atoms with Crippen molar-refractivity contribution in [3.8, 4) is 5.75 Å². The SMILES string of the molecule is COc1ccc(CC(NC(=O)N2CCCCC2)c2nc3ccccc3[nH]2)cc1. The van der Waals surface area contributed by atoms with Gasteiger partial charge in [-0.1, -0.05) is 24.3 Å². The molecule has 0 bridgehead atoms. The summed E-state index contributed by atoms with van der Waals surface area (Å²) in [4.78, 5) is 22.9. The Hall–Kier alpha value is -3.02. The summed E-state index contributed by atoms with van der Waals surface area (Å²) in [5.74, 6) is 1.60. The number of methoxy groups -OCH3 is 1. The number of hydrogen-bond donors (Lipinski definition) is 2. The number of likely N-dealkylation sites (tertiary alicyclic amines) is 1. The second-order valence-electron chi connectivity index (χ2n) is 7.24. The second-order valence-corrected chi connectivity index (χ2v) is 7.24. The lowest BCUT2D eigenvalue weighted by Gasteiger charge is -2.29. The highest BCUT2D eigenvalue weighted by Gasteiger charge is 2.23. The molecule has 1 fully saturated rings. The van der Waals surface area contributed by atoms with Gasteiger partial charge in [-0.25, -0.2) is 9.78 Å². The lowest BCUT2D eigenvalue weighted by molar-refractivity contribution is 0.182. The Kier molecular flexibility index (Phi) is 5.46. The van der Waals surface area contributed by atoms with Crippen molar-refractivity contribution in [1.82, 2.24) is 20.2 Å². The molecule has 146 valence electrons. The molecule has 1 saturated heterocycles. The number of carbonyl (C=O) groups is 1. The monoisotopic (exact) mass is 378 g/mol. The van der Waals surface area contributed by atoms with E-state index in [1.807, 2.05) is 53.4 Å². The van der Waals surface area contributed by atoms with Crippen LogP contribution in [0.2, 0.25) is 0 Å². The highest BCUT2D eigenvalue weighted by atomic mass is 16.5. The molecule has 4 rings (SSSR count). The van der Waals surface area contributed by atoms with Crippen LogP contribution < -0.4 is 10.1 Å². The van der Waals surface area contributed by atoms with Crippen molar-refractivity contribution in [2.45, 2.75) is 31.7 Å². The van der Waals surface area contributed by atoms with Crippen molar-refractivity contribution in [1.29, 1.82) is 0 Å². The number of rotatable bonds is 5. The largest absolute Gasteiger partial charge is 0.497 e. The number of fused-ring (bicyclic) bond motifs is 1. The van der Waals surface area contributed by atoms with E-state index in [9.17, 15) is 4.79 Å². The van der Waals surface area contributed by atoms with Gasteiger partial charge < -0.3 is 19.9 Å². The third-order valence-electron chi connectivity index (χ3n) is 5.28. The molecule has 0 radical (unpaired) electrons. The number of piperidine rings is 1. The summed E-state index contributed by atoms with van der Waals surface area (Å²) in [5.41, 5.74) is 3.00. The molecule has 1 aliphatic heterocycles. The molecule has 0 saturated carbocycles. The number of ether oxygens (including phenoxy) is 1. The topological polar surface area (TPSA) is 70.2 Å². The van der Waals surface area contributed by atoms with Gasteiger partial charge in [0.15, 0.2) is 0 Å². The third kappa shape index (κ3) is 4.11. The van der Waals surface area contributed by atoms with E-state index < -0.39 is 0 Å². The highest BCUT2D eigenvalue weighted by molar-refractivity contribution is 5.76. The zero-order valence-corrected chi connectivity index (χ0v) is 16.1. The molecule has 1 aromatic heterocycles. The van der Waals surface area contributed by atoms with Crippen LogP contribution in [-0.2, 0) is 6.42 Å². The molecule has 0 spiro atoms. The van der Waals surface area contributed by atoms with Crippen LogP contribution in [0.25, 0.3) is 11.0 Å². The molecule has 1 unspecified atom stereocenters. The maximum absolute atomic E-state index is 12.8. The highest BCUT2D eigenvalue weighted by Crippen LogP contribution is 2.22. The number of benzene rings is 2. The molecular weight excluding hydrogens is 352 g/mol. The summed E-state index contributed by atoms with van der Waals surface area (Å²) < 4.78 is 5.25. The van der Waals surface area contributed by atoms with Crippen molar-refractivity contribution >= 4 is 17.1 Å². The Morgan fingerprint density at radius 2 is 1.89 bits per heavy atom. The minimum absolute atomic E-state index is 0.0151. The molecule has 6 heteroatoms. The first-order valence-corrected chi connectivity index (χ1v) is 9.86. The van der Waals surface area contributed by atoms with Crippen molar-refractivity contribution in [3.05, 3.63) is 59.9 Å². The number of nitrogens with one attached hydrogen (secondary N) is 2. The molecule has 2 amide bonds. The maximum Gasteiger partial charge on any atom is 0.317 e. The van der Waals surface area contributed by atoms with Gasteiger partial charge in [-0.3, -0.25) is 0 Å². The van der Waals surface area contributed by atoms with Gasteiger partial charge in [0.1, 0.15) is 11.6 Å². The number of hydrogen-bond acceptors (Lipinski definition) is 3. The van der Waals surface area contributed by atoms with Crippen LogP contribution in [0.3, 0.4) is 0 Å². The van der Waals surface area contributed by atoms with Gasteiger partial charge in [0.05, 0.1) is 24.2 Å². The third-order valence-corrected chi connectivity index (χ3v) is 5.28. The fourth-order valence-electron chi connectivity index (χ4n) is 3.69. The Morgan fingerprint density at radius 3 is 2.61 bits per heavy atom. The Bertz CT molecular complexity index is 896. The lowest BCUT2D eigenvalue weighted by Crippen LogP contribution is -2.44. The first-order valence-electron chi connectivity index (χ1n) is 9.86. The number of para-hydroxylation sites is 2. The zero-order valence-electron chi connectivity index (χ0n) is 16.1. The maximum atomic E-state index is 12.8. The summed E-state index contributed by atoms with van der Waals surface area (Å²) in [7, 11) is 1.66. The number of H-pyrrole nitrogens is 1. The number of aromatic amines is 1. The van der Waals surface area contributed by atoms with Crippen LogP contribution in [0.4, 0.5) is 4.79 Å². The van der Waals surface area contributed by atoms with Crippen LogP contribution in [0, 0.1) is 0 Å². The standard InChI is InChI=1S/C22H26N4O2/c1-28-17-11-9-16(10-12-17)15-20(25-22(27)26-13-5-2-6-14-26)21-23-18-7-3-4-8-19(18)24-21/h3-4,7-12,20H,2,5-6,13-15H2,1H3,(H,23,24)(H,25,27). The normalized spacial score (nSPS) is 15.4. The summed E-state index contributed by atoms with van der Waals surface area (Å²) in [6, 6.07) is 15.6. The predicted octanol–water partition coefficient (Wildman–Crippen LogP) is 4.05. The molecule has 2 heterocycles. The Morgan fingerprint density at radius 1 is 1.14 bits per heavy atom. The molecule has 3 aromatic rings. The molecule has 0 aliphatic carbocycles. The van der Waals surface area contributed by atoms with Gasteiger partial charge in [-0.15, -0.1) is 0 Å². The first kappa shape index (κ1) is 18.3. The lowest BCUT2D eigenvalue weighted by atomic mass is 10.1. The number of nitrogens with zero attached hydrogens (tertiary/aromatic N) is 2. The van der Waals surface area contributed by atoms with Gasteiger partial charge >= 0.3 is 6.03 Å². The second kappa shape index (κ2) is 8.33. The molecule has 2 aromatic carbocycles. The van der Waals surface area contributed by atoms with E-state index in [1.54, 1.807) is 7.11 Å². The summed E-state index contributed by atoms with van der Waals surface area (Å²) >= 11 is 0. The van der Waals surface area contributed by atoms with Gasteiger partial charge in [-0.05, 0) is 55.5 Å². The fourth-order valence-corrected chi connectivity index (χ4v) is 3.69. The van der Waals surface area contributed by atoms with E-state index in [0.29, 0.717) is 6.42 Å². The molecular formula is C22H26N4O2. The number of aromatic nitrogens is 2. The van der Waals surface area contributed by atoms with Crippen LogP contribution in [0.5, 0.6) is 5.75 Å². The predicted molar refractivity (Wildman–Crippen MR) is 109 cm³/mol. The summed E-state index contributed by atoms with van der Waals surface area (Å²) in [5, 5.41) is 3.20. The Balaban J connectivity index is 1.58. The van der Waals surface area contributed by atoms with Gasteiger partial charge in [-0.2, -0.15) is 0 Å². The van der Waals surface area contributed by atoms with E-state index >= 15 is 0 Å². The van der Waals surface area contributed by atoms with Gasteiger partial charge in [0.2, 0.25) is 0 Å². The molecule has 6 nitrogen and oxygen atoms in total. The van der Waals surface area contributed by atoms with Crippen molar-refractivity contribution in [3.63, 3.8) is 0 Å². The van der Waals surface area contributed by atoms with Gasteiger partial charge in [0.25, 0.3) is 0 Å². The van der Waals surface area contributed by atoms with Crippen LogP contribution in [0.1, 0.15) is 36.7 Å². The molecule has 2 N–H and O–H groups in total. The van der Waals surface area contributed by atoms with E-state index in [2.05, 4.69) is 10.3 Å². The number of imidazole rings is 1. The average Bonchev–Trinajstić information content (AvgIpc) is 3.18. The van der Waals surface area contributed by atoms with Crippen molar-refractivity contribution < 1.29 is 9.53 Å². The van der Waals surface area contributed by atoms with E-state index in [0.717, 1.165) is 54.1 Å². The molecule has 28 heavy (non-hydrogen) atoms. The quantitative estimate of drug-likeness (QED) is 0.704. The number of amides is 2. The van der Waals surface area contributed by atoms with Crippen LogP contribution in [0.15, 0.2) is 48.5 Å². The fraction of sp³-hybridized carbons (Fsp3) is 0.364. The summed E-state index contributed by atoms with van der Waals surface area (Å²) in [6.45, 7) is 1.64. The van der Waals surface area contributed by atoms with E-state index in [-0.39, 0.29) is 12.1 Å². The zero-order chi connectivity index (χ0) is 19.3. The minimum Gasteiger partial charge on any atom is -0.497 e. The van der Waals surface area contributed by atoms with Gasteiger partial charge in [0, 0.05) is 13.1 Å². The van der Waals surface area contributed by atoms with E-state index in [4.69, 9.17) is 9.72 Å². The first-order chi connectivity index (χ1) is 13.7.